The van der Waals surface area contributed by atoms with Gasteiger partial charge < -0.3 is 25.0 Å². The third-order valence-electron chi connectivity index (χ3n) is 8.30. The quantitative estimate of drug-likeness (QED) is 0.293. The lowest BCUT2D eigenvalue weighted by molar-refractivity contribution is -0.140. The van der Waals surface area contributed by atoms with E-state index in [1.165, 1.54) is 23.2 Å². The Labute approximate surface area is 256 Å². The zero-order valence-electron chi connectivity index (χ0n) is 25.8. The van der Waals surface area contributed by atoms with Crippen LogP contribution in [0.5, 0.6) is 0 Å². The van der Waals surface area contributed by atoms with Gasteiger partial charge in [-0.3, -0.25) is 29.5 Å². The largest absolute Gasteiger partial charge is 0.357 e. The fourth-order valence-electron chi connectivity index (χ4n) is 5.62. The predicted molar refractivity (Wildman–Crippen MR) is 169 cm³/mol. The Balaban J connectivity index is 1.43. The molecule has 0 aliphatic carbocycles. The zero-order valence-corrected chi connectivity index (χ0v) is 25.8. The summed E-state index contributed by atoms with van der Waals surface area (Å²) in [6, 6.07) is 8.04. The SMILES string of the molecule is Cc1[nH]c2c(NC(=NC3CCCCN(CC(=O)N4CCCC4)C3=O)NC(=O)c3ccc(C(=O)N(C)C)nc3)cccc2c1C. The molecule has 4 amide bonds. The minimum atomic E-state index is -0.781. The minimum Gasteiger partial charge on any atom is -0.357 e. The van der Waals surface area contributed by atoms with Gasteiger partial charge in [-0.25, -0.2) is 4.99 Å². The number of aliphatic imine (C=N–C) groups is 1. The van der Waals surface area contributed by atoms with Gasteiger partial charge in [-0.1, -0.05) is 12.1 Å². The van der Waals surface area contributed by atoms with E-state index >= 15 is 0 Å². The molecular weight excluding hydrogens is 560 g/mol. The van der Waals surface area contributed by atoms with Crippen LogP contribution in [-0.4, -0.2) is 101 Å². The molecule has 2 saturated heterocycles. The molecule has 0 spiro atoms. The van der Waals surface area contributed by atoms with E-state index in [0.717, 1.165) is 60.9 Å². The number of hydrogen-bond acceptors (Lipinski definition) is 6. The highest BCUT2D eigenvalue weighted by molar-refractivity contribution is 6.12. The highest BCUT2D eigenvalue weighted by Crippen LogP contribution is 2.27. The Bertz CT molecular complexity index is 1590. The molecular formula is C32H40N8O4. The summed E-state index contributed by atoms with van der Waals surface area (Å²) >= 11 is 0. The third-order valence-corrected chi connectivity index (χ3v) is 8.30. The molecule has 2 fully saturated rings. The number of aromatic nitrogens is 2. The van der Waals surface area contributed by atoms with Gasteiger partial charge in [0.25, 0.3) is 11.8 Å². The van der Waals surface area contributed by atoms with Crippen LogP contribution < -0.4 is 10.6 Å². The summed E-state index contributed by atoms with van der Waals surface area (Å²) in [5, 5.41) is 7.12. The second-order valence-electron chi connectivity index (χ2n) is 11.7. The molecule has 2 aliphatic heterocycles. The number of carbonyl (C=O) groups is 4. The number of para-hydroxylation sites is 1. The van der Waals surface area contributed by atoms with Gasteiger partial charge in [0.05, 0.1) is 23.3 Å². The van der Waals surface area contributed by atoms with Gasteiger partial charge in [-0.15, -0.1) is 0 Å². The number of hydrogen-bond donors (Lipinski definition) is 3. The van der Waals surface area contributed by atoms with E-state index in [0.29, 0.717) is 18.7 Å². The van der Waals surface area contributed by atoms with Crippen LogP contribution in [0.3, 0.4) is 0 Å². The molecule has 12 heteroatoms. The molecule has 5 rings (SSSR count). The topological polar surface area (TPSA) is 143 Å². The molecule has 0 saturated carbocycles. The molecule has 1 aromatic carbocycles. The Morgan fingerprint density at radius 1 is 1.05 bits per heavy atom. The van der Waals surface area contributed by atoms with Crippen molar-refractivity contribution >= 4 is 46.2 Å². The van der Waals surface area contributed by atoms with Crippen molar-refractivity contribution in [1.82, 2.24) is 30.0 Å². The highest BCUT2D eigenvalue weighted by Gasteiger charge is 2.30. The number of aromatic amines is 1. The Hall–Kier alpha value is -4.74. The van der Waals surface area contributed by atoms with Crippen LogP contribution in [0.4, 0.5) is 5.69 Å². The lowest BCUT2D eigenvalue weighted by Gasteiger charge is -2.25. The van der Waals surface area contributed by atoms with Gasteiger partial charge in [0.15, 0.2) is 0 Å². The fraction of sp³-hybridized carbons (Fsp3) is 0.438. The summed E-state index contributed by atoms with van der Waals surface area (Å²) in [6.45, 7) is 6.01. The first-order valence-electron chi connectivity index (χ1n) is 15.1. The van der Waals surface area contributed by atoms with Gasteiger partial charge in [0.2, 0.25) is 17.8 Å². The monoisotopic (exact) mass is 600 g/mol. The van der Waals surface area contributed by atoms with E-state index in [1.54, 1.807) is 19.0 Å². The molecule has 0 radical (unpaired) electrons. The first-order valence-corrected chi connectivity index (χ1v) is 15.1. The normalized spacial score (nSPS) is 17.5. The maximum atomic E-state index is 13.7. The van der Waals surface area contributed by atoms with E-state index in [1.807, 2.05) is 36.9 Å². The van der Waals surface area contributed by atoms with Crippen molar-refractivity contribution in [3.05, 3.63) is 59.0 Å². The van der Waals surface area contributed by atoms with Gasteiger partial charge in [0, 0.05) is 51.0 Å². The minimum absolute atomic E-state index is 0.0317. The van der Waals surface area contributed by atoms with Crippen molar-refractivity contribution in [3.63, 3.8) is 0 Å². The third kappa shape index (κ3) is 6.74. The molecule has 3 aromatic rings. The smallest absolute Gasteiger partial charge is 0.271 e. The van der Waals surface area contributed by atoms with Crippen LogP contribution in [0.1, 0.15) is 64.2 Å². The fourth-order valence-corrected chi connectivity index (χ4v) is 5.62. The number of nitrogens with zero attached hydrogens (tertiary/aromatic N) is 5. The number of H-pyrrole nitrogens is 1. The zero-order chi connectivity index (χ0) is 31.4. The number of likely N-dealkylation sites (tertiary alicyclic amines) is 2. The molecule has 44 heavy (non-hydrogen) atoms. The van der Waals surface area contributed by atoms with E-state index in [9.17, 15) is 19.2 Å². The number of amides is 4. The van der Waals surface area contributed by atoms with Crippen LogP contribution in [0.25, 0.3) is 10.9 Å². The number of fused-ring (bicyclic) bond motifs is 1. The first-order chi connectivity index (χ1) is 21.1. The van der Waals surface area contributed by atoms with Crippen molar-refractivity contribution in [2.45, 2.75) is 52.0 Å². The van der Waals surface area contributed by atoms with E-state index in [2.05, 4.69) is 20.6 Å². The Morgan fingerprint density at radius 3 is 2.50 bits per heavy atom. The molecule has 12 nitrogen and oxygen atoms in total. The molecule has 232 valence electrons. The molecule has 1 atom stereocenters. The molecule has 0 bridgehead atoms. The van der Waals surface area contributed by atoms with Crippen molar-refractivity contribution in [1.29, 1.82) is 0 Å². The van der Waals surface area contributed by atoms with Crippen molar-refractivity contribution in [3.8, 4) is 0 Å². The molecule has 4 heterocycles. The lowest BCUT2D eigenvalue weighted by atomic mass is 10.1. The van der Waals surface area contributed by atoms with Crippen molar-refractivity contribution in [2.75, 3.05) is 45.6 Å². The number of rotatable bonds is 6. The van der Waals surface area contributed by atoms with Crippen LogP contribution in [0.15, 0.2) is 41.5 Å². The molecule has 1 unspecified atom stereocenters. The van der Waals surface area contributed by atoms with Gasteiger partial charge in [-0.2, -0.15) is 0 Å². The lowest BCUT2D eigenvalue weighted by Crippen LogP contribution is -2.45. The van der Waals surface area contributed by atoms with Crippen LogP contribution in [0, 0.1) is 13.8 Å². The van der Waals surface area contributed by atoms with E-state index in [-0.39, 0.29) is 41.5 Å². The van der Waals surface area contributed by atoms with Crippen molar-refractivity contribution < 1.29 is 19.2 Å². The van der Waals surface area contributed by atoms with E-state index < -0.39 is 11.9 Å². The van der Waals surface area contributed by atoms with Crippen LogP contribution in [0.2, 0.25) is 0 Å². The first kappa shape index (κ1) is 30.7. The summed E-state index contributed by atoms with van der Waals surface area (Å²) in [5.74, 6) is -0.945. The maximum absolute atomic E-state index is 13.7. The number of carbonyl (C=O) groups excluding carboxylic acids is 4. The number of guanidine groups is 1. The van der Waals surface area contributed by atoms with Crippen LogP contribution >= 0.6 is 0 Å². The number of pyridine rings is 1. The molecule has 2 aromatic heterocycles. The number of aryl methyl sites for hydroxylation is 2. The summed E-state index contributed by atoms with van der Waals surface area (Å²) in [7, 11) is 3.26. The number of nitrogens with one attached hydrogen (secondary N) is 3. The van der Waals surface area contributed by atoms with Gasteiger partial charge in [-0.05, 0) is 69.7 Å². The molecule has 3 N–H and O–H groups in total. The second-order valence-corrected chi connectivity index (χ2v) is 11.7. The molecule has 2 aliphatic rings. The number of benzene rings is 1. The number of anilines is 1. The standard InChI is InChI=1S/C32H40N8O4/c1-20-21(2)34-28-23(20)10-9-12-24(28)35-32(37-29(42)22-13-14-25(33-18-22)30(43)38(3)4)36-26-11-5-6-17-40(31(26)44)19-27(41)39-15-7-8-16-39/h9-10,12-14,18,26,34H,5-8,11,15-17,19H2,1-4H3,(H2,35,36,37,42). The van der Waals surface area contributed by atoms with Crippen molar-refractivity contribution in [2.24, 2.45) is 4.99 Å². The summed E-state index contributed by atoms with van der Waals surface area (Å²) in [6.07, 6.45) is 5.32. The average Bonchev–Trinajstić information content (AvgIpc) is 3.62. The van der Waals surface area contributed by atoms with Gasteiger partial charge in [0.1, 0.15) is 11.7 Å². The van der Waals surface area contributed by atoms with E-state index in [4.69, 9.17) is 4.99 Å². The predicted octanol–water partition coefficient (Wildman–Crippen LogP) is 3.08. The summed E-state index contributed by atoms with van der Waals surface area (Å²) in [4.78, 5) is 69.4. The Morgan fingerprint density at radius 2 is 1.80 bits per heavy atom. The summed E-state index contributed by atoms with van der Waals surface area (Å²) < 4.78 is 0. The highest BCUT2D eigenvalue weighted by atomic mass is 16.2. The maximum Gasteiger partial charge on any atom is 0.271 e. The van der Waals surface area contributed by atoms with Gasteiger partial charge >= 0.3 is 0 Å². The Kier molecular flexibility index (Phi) is 9.26. The summed E-state index contributed by atoms with van der Waals surface area (Å²) in [5.41, 5.74) is 4.11. The van der Waals surface area contributed by atoms with Crippen LogP contribution in [-0.2, 0) is 9.59 Å². The second kappa shape index (κ2) is 13.3. The average molecular weight is 601 g/mol.